The number of hydrogen-bond acceptors (Lipinski definition) is 3. The fourth-order valence-corrected chi connectivity index (χ4v) is 3.36. The summed E-state index contributed by atoms with van der Waals surface area (Å²) in [4.78, 5) is 5.45. The van der Waals surface area contributed by atoms with Crippen LogP contribution in [-0.2, 0) is 6.42 Å². The van der Waals surface area contributed by atoms with Gasteiger partial charge in [-0.25, -0.2) is 4.98 Å². The third-order valence-corrected chi connectivity index (χ3v) is 4.78. The molecule has 2 aromatic rings. The van der Waals surface area contributed by atoms with Crippen molar-refractivity contribution in [1.29, 1.82) is 0 Å². The van der Waals surface area contributed by atoms with Gasteiger partial charge in [-0.05, 0) is 58.7 Å². The van der Waals surface area contributed by atoms with Gasteiger partial charge in [0.2, 0.25) is 0 Å². The van der Waals surface area contributed by atoms with Crippen LogP contribution in [0.2, 0.25) is 5.02 Å². The topological polar surface area (TPSA) is 38.9 Å². The Balaban J connectivity index is 2.34. The molecule has 1 heterocycles. The fraction of sp³-hybridized carbons (Fsp3) is 0.154. The monoisotopic (exact) mass is 342 g/mol. The summed E-state index contributed by atoms with van der Waals surface area (Å²) >= 11 is 11.3. The fourth-order valence-electron chi connectivity index (χ4n) is 1.57. The van der Waals surface area contributed by atoms with E-state index in [-0.39, 0.29) is 0 Å². The van der Waals surface area contributed by atoms with Crippen LogP contribution in [-0.4, -0.2) is 11.5 Å². The van der Waals surface area contributed by atoms with Crippen molar-refractivity contribution in [2.24, 2.45) is 5.73 Å². The highest BCUT2D eigenvalue weighted by molar-refractivity contribution is 9.10. The Kier molecular flexibility index (Phi) is 5.06. The molecule has 0 saturated carbocycles. The molecule has 2 N–H and O–H groups in total. The number of nitrogens with zero attached hydrogens (tertiary/aromatic N) is 1. The van der Waals surface area contributed by atoms with Crippen molar-refractivity contribution in [2.45, 2.75) is 16.3 Å². The van der Waals surface area contributed by atoms with Crippen LogP contribution in [0.25, 0.3) is 0 Å². The van der Waals surface area contributed by atoms with E-state index < -0.39 is 0 Å². The van der Waals surface area contributed by atoms with Gasteiger partial charge in [-0.3, -0.25) is 0 Å². The lowest BCUT2D eigenvalue weighted by molar-refractivity contribution is 0.943. The van der Waals surface area contributed by atoms with E-state index in [9.17, 15) is 0 Å². The largest absolute Gasteiger partial charge is 0.330 e. The van der Waals surface area contributed by atoms with Crippen molar-refractivity contribution in [3.8, 4) is 0 Å². The van der Waals surface area contributed by atoms with Crippen molar-refractivity contribution >= 4 is 39.3 Å². The molecular weight excluding hydrogens is 332 g/mol. The first-order valence-electron chi connectivity index (χ1n) is 5.48. The standard InChI is InChI=1S/C13H12BrClN2S/c14-10-3-2-8-17-13(10)18-12-5-1-4-11(15)9(12)6-7-16/h1-5,8H,6-7,16H2. The first-order chi connectivity index (χ1) is 8.72. The Morgan fingerprint density at radius 3 is 2.83 bits per heavy atom. The highest BCUT2D eigenvalue weighted by Crippen LogP contribution is 2.36. The highest BCUT2D eigenvalue weighted by Gasteiger charge is 2.10. The van der Waals surface area contributed by atoms with E-state index in [0.29, 0.717) is 6.54 Å². The Bertz CT molecular complexity index is 548. The maximum Gasteiger partial charge on any atom is 0.115 e. The second kappa shape index (κ2) is 6.57. The predicted octanol–water partition coefficient (Wildman–Crippen LogP) is 4.15. The first kappa shape index (κ1) is 13.9. The summed E-state index contributed by atoms with van der Waals surface area (Å²) in [6.07, 6.45) is 2.55. The van der Waals surface area contributed by atoms with Crippen LogP contribution in [0.1, 0.15) is 5.56 Å². The number of hydrogen-bond donors (Lipinski definition) is 1. The van der Waals surface area contributed by atoms with Crippen molar-refractivity contribution in [2.75, 3.05) is 6.54 Å². The van der Waals surface area contributed by atoms with E-state index in [0.717, 1.165) is 31.4 Å². The van der Waals surface area contributed by atoms with Gasteiger partial charge in [0.05, 0.1) is 4.47 Å². The van der Waals surface area contributed by atoms with E-state index in [1.54, 1.807) is 18.0 Å². The van der Waals surface area contributed by atoms with Gasteiger partial charge in [0.25, 0.3) is 0 Å². The zero-order chi connectivity index (χ0) is 13.0. The smallest absolute Gasteiger partial charge is 0.115 e. The van der Waals surface area contributed by atoms with Crippen molar-refractivity contribution in [3.05, 3.63) is 51.6 Å². The number of aromatic nitrogens is 1. The van der Waals surface area contributed by atoms with Gasteiger partial charge in [-0.1, -0.05) is 29.4 Å². The summed E-state index contributed by atoms with van der Waals surface area (Å²) in [7, 11) is 0. The van der Waals surface area contributed by atoms with E-state index in [1.807, 2.05) is 30.3 Å². The molecule has 0 amide bonds. The normalized spacial score (nSPS) is 10.6. The second-order valence-corrected chi connectivity index (χ2v) is 5.94. The quantitative estimate of drug-likeness (QED) is 0.906. The number of halogens is 2. The van der Waals surface area contributed by atoms with Gasteiger partial charge >= 0.3 is 0 Å². The Labute approximate surface area is 124 Å². The maximum atomic E-state index is 6.21. The molecule has 0 unspecified atom stereocenters. The molecule has 0 radical (unpaired) electrons. The Morgan fingerprint density at radius 1 is 1.28 bits per heavy atom. The summed E-state index contributed by atoms with van der Waals surface area (Å²) in [6.45, 7) is 0.584. The van der Waals surface area contributed by atoms with Crippen LogP contribution in [0.15, 0.2) is 50.9 Å². The van der Waals surface area contributed by atoms with Gasteiger partial charge in [-0.2, -0.15) is 0 Å². The SMILES string of the molecule is NCCc1c(Cl)cccc1Sc1ncccc1Br. The molecule has 1 aromatic heterocycles. The molecule has 18 heavy (non-hydrogen) atoms. The first-order valence-corrected chi connectivity index (χ1v) is 7.47. The third kappa shape index (κ3) is 3.26. The van der Waals surface area contributed by atoms with Crippen molar-refractivity contribution in [3.63, 3.8) is 0 Å². The minimum Gasteiger partial charge on any atom is -0.330 e. The average molecular weight is 344 g/mol. The molecule has 0 saturated heterocycles. The van der Waals surface area contributed by atoms with Crippen LogP contribution in [0.4, 0.5) is 0 Å². The summed E-state index contributed by atoms with van der Waals surface area (Å²) in [5, 5.41) is 1.69. The molecular formula is C13H12BrClN2S. The van der Waals surface area contributed by atoms with Gasteiger partial charge in [0.1, 0.15) is 5.03 Å². The van der Waals surface area contributed by atoms with E-state index in [1.165, 1.54) is 0 Å². The van der Waals surface area contributed by atoms with Gasteiger partial charge < -0.3 is 5.73 Å². The van der Waals surface area contributed by atoms with E-state index >= 15 is 0 Å². The summed E-state index contributed by atoms with van der Waals surface area (Å²) in [6, 6.07) is 9.75. The number of rotatable bonds is 4. The summed E-state index contributed by atoms with van der Waals surface area (Å²) in [5.74, 6) is 0. The molecule has 0 atom stereocenters. The van der Waals surface area contributed by atoms with E-state index in [2.05, 4.69) is 20.9 Å². The van der Waals surface area contributed by atoms with Crippen LogP contribution in [0, 0.1) is 0 Å². The molecule has 0 spiro atoms. The Morgan fingerprint density at radius 2 is 2.11 bits per heavy atom. The van der Waals surface area contributed by atoms with E-state index in [4.69, 9.17) is 17.3 Å². The summed E-state index contributed by atoms with van der Waals surface area (Å²) < 4.78 is 0.980. The average Bonchev–Trinajstić information content (AvgIpc) is 2.36. The van der Waals surface area contributed by atoms with Crippen molar-refractivity contribution < 1.29 is 0 Å². The molecule has 0 bridgehead atoms. The lowest BCUT2D eigenvalue weighted by atomic mass is 10.1. The minimum absolute atomic E-state index is 0.584. The van der Waals surface area contributed by atoms with Crippen molar-refractivity contribution in [1.82, 2.24) is 4.98 Å². The molecule has 0 aliphatic carbocycles. The number of benzene rings is 1. The van der Waals surface area contributed by atoms with Crippen LogP contribution >= 0.6 is 39.3 Å². The molecule has 0 aliphatic rings. The summed E-state index contributed by atoms with van der Waals surface area (Å²) in [5.41, 5.74) is 6.72. The minimum atomic E-state index is 0.584. The number of nitrogens with two attached hydrogens (primary N) is 1. The van der Waals surface area contributed by atoms with Gasteiger partial charge in [-0.15, -0.1) is 0 Å². The molecule has 2 nitrogen and oxygen atoms in total. The van der Waals surface area contributed by atoms with Gasteiger partial charge in [0.15, 0.2) is 0 Å². The lowest BCUT2D eigenvalue weighted by Crippen LogP contribution is -2.04. The zero-order valence-electron chi connectivity index (χ0n) is 9.57. The molecule has 5 heteroatoms. The van der Waals surface area contributed by atoms with Crippen LogP contribution in [0.5, 0.6) is 0 Å². The number of pyridine rings is 1. The molecule has 1 aromatic carbocycles. The molecule has 0 aliphatic heterocycles. The van der Waals surface area contributed by atoms with Crippen LogP contribution in [0.3, 0.4) is 0 Å². The molecule has 94 valence electrons. The van der Waals surface area contributed by atoms with Crippen LogP contribution < -0.4 is 5.73 Å². The highest BCUT2D eigenvalue weighted by atomic mass is 79.9. The lowest BCUT2D eigenvalue weighted by Gasteiger charge is -2.10. The molecule has 2 rings (SSSR count). The van der Waals surface area contributed by atoms with Gasteiger partial charge in [0, 0.05) is 16.1 Å². The maximum absolute atomic E-state index is 6.21. The second-order valence-electron chi connectivity index (χ2n) is 3.65. The molecule has 0 fully saturated rings. The zero-order valence-corrected chi connectivity index (χ0v) is 12.7. The third-order valence-electron chi connectivity index (χ3n) is 2.40. The predicted molar refractivity (Wildman–Crippen MR) is 80.3 cm³/mol. The Hall–Kier alpha value is -0.550.